The number of hydrogen-bond acceptors (Lipinski definition) is 5. The molecule has 0 saturated carbocycles. The van der Waals surface area contributed by atoms with E-state index in [0.717, 1.165) is 24.3 Å². The molecule has 1 aromatic carbocycles. The minimum absolute atomic E-state index is 0.0151. The van der Waals surface area contributed by atoms with Crippen LogP contribution in [-0.2, 0) is 16.0 Å². The third-order valence-electron chi connectivity index (χ3n) is 7.43. The second kappa shape index (κ2) is 10.5. The van der Waals surface area contributed by atoms with Gasteiger partial charge in [0.25, 0.3) is 5.91 Å². The number of nitrogens with zero attached hydrogens (tertiary/aromatic N) is 3. The number of carbonyl (C=O) groups excluding carboxylic acids is 3. The van der Waals surface area contributed by atoms with E-state index >= 15 is 0 Å². The first-order valence-corrected chi connectivity index (χ1v) is 12.2. The van der Waals surface area contributed by atoms with E-state index in [-0.39, 0.29) is 24.8 Å². The van der Waals surface area contributed by atoms with Crippen LogP contribution >= 0.6 is 0 Å². The average Bonchev–Trinajstić information content (AvgIpc) is 3.10. The number of nitrogens with one attached hydrogen (secondary N) is 1. The molecule has 0 bridgehead atoms. The van der Waals surface area contributed by atoms with E-state index in [1.165, 1.54) is 43.7 Å². The number of piperidine rings is 2. The summed E-state index contributed by atoms with van der Waals surface area (Å²) in [6, 6.07) is 6.94. The van der Waals surface area contributed by atoms with Gasteiger partial charge in [-0.25, -0.2) is 4.79 Å². The third kappa shape index (κ3) is 5.49. The Morgan fingerprint density at radius 3 is 2.64 bits per heavy atom. The third-order valence-corrected chi connectivity index (χ3v) is 7.43. The van der Waals surface area contributed by atoms with Crippen LogP contribution in [0, 0.1) is 5.92 Å². The lowest BCUT2D eigenvalue weighted by molar-refractivity contribution is -0.135. The summed E-state index contributed by atoms with van der Waals surface area (Å²) in [4.78, 5) is 43.7. The lowest BCUT2D eigenvalue weighted by Gasteiger charge is -2.45. The molecule has 4 rings (SSSR count). The fraction of sp³-hybridized carbons (Fsp3) is 0.640. The highest BCUT2D eigenvalue weighted by molar-refractivity contribution is 6.05. The number of methoxy groups -OCH3 is 1. The summed E-state index contributed by atoms with van der Waals surface area (Å²) < 4.78 is 5.16. The maximum Gasteiger partial charge on any atom is 0.324 e. The zero-order chi connectivity index (χ0) is 23.4. The van der Waals surface area contributed by atoms with E-state index in [4.69, 9.17) is 4.74 Å². The van der Waals surface area contributed by atoms with Crippen molar-refractivity contribution in [1.82, 2.24) is 20.0 Å². The number of hydrogen-bond donors (Lipinski definition) is 1. The number of ether oxygens (including phenoxy) is 1. The van der Waals surface area contributed by atoms with Crippen LogP contribution in [0.3, 0.4) is 0 Å². The van der Waals surface area contributed by atoms with Crippen LogP contribution in [0.15, 0.2) is 24.3 Å². The molecule has 3 aliphatic heterocycles. The average molecular weight is 457 g/mol. The first-order chi connectivity index (χ1) is 16.0. The minimum Gasteiger partial charge on any atom is -0.497 e. The standard InChI is InChI=1S/C25H36N4O4/c1-27(17-19-6-5-14-28-13-4-3-7-22(19)28)23(30)16-21-24(31)29(25(32)26-21)15-12-18-8-10-20(33-2)11-9-18/h8-11,19,21-22H,3-7,12-17H2,1-2H3,(H,26,32). The van der Waals surface area contributed by atoms with Gasteiger partial charge in [0.15, 0.2) is 0 Å². The summed E-state index contributed by atoms with van der Waals surface area (Å²) in [5.41, 5.74) is 1.01. The Kier molecular flexibility index (Phi) is 7.53. The van der Waals surface area contributed by atoms with E-state index in [0.29, 0.717) is 18.4 Å². The number of rotatable bonds is 8. The number of fused-ring (bicyclic) bond motifs is 1. The minimum atomic E-state index is -0.777. The molecular weight excluding hydrogens is 420 g/mol. The summed E-state index contributed by atoms with van der Waals surface area (Å²) in [5.74, 6) is 0.855. The van der Waals surface area contributed by atoms with Gasteiger partial charge in [0.2, 0.25) is 5.91 Å². The van der Waals surface area contributed by atoms with E-state index in [1.807, 2.05) is 31.3 Å². The quantitative estimate of drug-likeness (QED) is 0.607. The van der Waals surface area contributed by atoms with Gasteiger partial charge in [-0.2, -0.15) is 0 Å². The summed E-state index contributed by atoms with van der Waals surface area (Å²) in [5, 5.41) is 2.70. The molecule has 1 aromatic rings. The van der Waals surface area contributed by atoms with E-state index in [9.17, 15) is 14.4 Å². The van der Waals surface area contributed by atoms with Gasteiger partial charge in [-0.05, 0) is 68.8 Å². The Balaban J connectivity index is 1.27. The smallest absolute Gasteiger partial charge is 0.324 e. The van der Waals surface area contributed by atoms with Crippen LogP contribution in [0.5, 0.6) is 5.75 Å². The molecular formula is C25H36N4O4. The zero-order valence-corrected chi connectivity index (χ0v) is 19.8. The van der Waals surface area contributed by atoms with Crippen LogP contribution in [0.25, 0.3) is 0 Å². The van der Waals surface area contributed by atoms with Crippen molar-refractivity contribution in [2.24, 2.45) is 5.92 Å². The van der Waals surface area contributed by atoms with Crippen molar-refractivity contribution in [3.8, 4) is 5.75 Å². The van der Waals surface area contributed by atoms with Crippen LogP contribution in [0.2, 0.25) is 0 Å². The van der Waals surface area contributed by atoms with Crippen molar-refractivity contribution < 1.29 is 19.1 Å². The lowest BCUT2D eigenvalue weighted by Crippen LogP contribution is -2.51. The molecule has 3 aliphatic rings. The normalized spacial score (nSPS) is 25.5. The van der Waals surface area contributed by atoms with Crippen molar-refractivity contribution in [2.75, 3.05) is 40.3 Å². The van der Waals surface area contributed by atoms with Crippen molar-refractivity contribution >= 4 is 17.8 Å². The number of amides is 4. The topological polar surface area (TPSA) is 82.2 Å². The molecule has 0 radical (unpaired) electrons. The number of urea groups is 1. The Hall–Kier alpha value is -2.61. The maximum atomic E-state index is 12.9. The van der Waals surface area contributed by atoms with Gasteiger partial charge in [0, 0.05) is 26.2 Å². The molecule has 0 spiro atoms. The number of carbonyl (C=O) groups is 3. The monoisotopic (exact) mass is 456 g/mol. The van der Waals surface area contributed by atoms with Gasteiger partial charge < -0.3 is 19.9 Å². The van der Waals surface area contributed by atoms with Crippen LogP contribution in [0.1, 0.15) is 44.1 Å². The van der Waals surface area contributed by atoms with Crippen molar-refractivity contribution in [3.05, 3.63) is 29.8 Å². The Morgan fingerprint density at radius 1 is 1.12 bits per heavy atom. The van der Waals surface area contributed by atoms with Gasteiger partial charge in [-0.15, -0.1) is 0 Å². The molecule has 8 nitrogen and oxygen atoms in total. The highest BCUT2D eigenvalue weighted by Gasteiger charge is 2.40. The Labute approximate surface area is 196 Å². The molecule has 1 N–H and O–H groups in total. The summed E-state index contributed by atoms with van der Waals surface area (Å²) in [6.45, 7) is 3.36. The highest BCUT2D eigenvalue weighted by atomic mass is 16.5. The van der Waals surface area contributed by atoms with Gasteiger partial charge in [-0.1, -0.05) is 18.6 Å². The van der Waals surface area contributed by atoms with Crippen molar-refractivity contribution in [1.29, 1.82) is 0 Å². The molecule has 180 valence electrons. The summed E-state index contributed by atoms with van der Waals surface area (Å²) >= 11 is 0. The molecule has 3 heterocycles. The lowest BCUT2D eigenvalue weighted by atomic mass is 9.83. The van der Waals surface area contributed by atoms with Crippen LogP contribution < -0.4 is 10.1 Å². The molecule has 0 aliphatic carbocycles. The summed E-state index contributed by atoms with van der Waals surface area (Å²) in [7, 11) is 3.44. The molecule has 3 unspecified atom stereocenters. The van der Waals surface area contributed by atoms with Gasteiger partial charge >= 0.3 is 6.03 Å². The van der Waals surface area contributed by atoms with E-state index in [1.54, 1.807) is 12.0 Å². The fourth-order valence-corrected chi connectivity index (χ4v) is 5.53. The van der Waals surface area contributed by atoms with Crippen LogP contribution in [-0.4, -0.2) is 85.0 Å². The van der Waals surface area contributed by atoms with Crippen molar-refractivity contribution in [3.63, 3.8) is 0 Å². The predicted molar refractivity (Wildman–Crippen MR) is 125 cm³/mol. The van der Waals surface area contributed by atoms with Gasteiger partial charge in [-0.3, -0.25) is 14.5 Å². The van der Waals surface area contributed by atoms with Crippen LogP contribution in [0.4, 0.5) is 4.79 Å². The molecule has 0 aromatic heterocycles. The predicted octanol–water partition coefficient (Wildman–Crippen LogP) is 2.27. The number of benzene rings is 1. The second-order valence-electron chi connectivity index (χ2n) is 9.57. The Morgan fingerprint density at radius 2 is 1.88 bits per heavy atom. The number of imide groups is 1. The van der Waals surface area contributed by atoms with Crippen molar-refractivity contribution in [2.45, 2.75) is 57.0 Å². The maximum absolute atomic E-state index is 12.9. The molecule has 3 saturated heterocycles. The fourth-order valence-electron chi connectivity index (χ4n) is 5.53. The molecule has 3 atom stereocenters. The molecule has 4 amide bonds. The van der Waals surface area contributed by atoms with E-state index in [2.05, 4.69) is 10.2 Å². The van der Waals surface area contributed by atoms with Gasteiger partial charge in [0.1, 0.15) is 11.8 Å². The summed E-state index contributed by atoms with van der Waals surface area (Å²) in [6.07, 6.45) is 6.67. The first kappa shape index (κ1) is 23.5. The first-order valence-electron chi connectivity index (χ1n) is 12.2. The van der Waals surface area contributed by atoms with Gasteiger partial charge in [0.05, 0.1) is 13.5 Å². The second-order valence-corrected chi connectivity index (χ2v) is 9.57. The highest BCUT2D eigenvalue weighted by Crippen LogP contribution is 2.31. The zero-order valence-electron chi connectivity index (χ0n) is 19.8. The Bertz CT molecular complexity index is 856. The molecule has 3 fully saturated rings. The molecule has 8 heteroatoms. The SMILES string of the molecule is COc1ccc(CCN2C(=O)NC(CC(=O)N(C)CC3CCCN4CCCCC34)C2=O)cc1. The van der Waals surface area contributed by atoms with E-state index < -0.39 is 12.1 Å². The molecule has 33 heavy (non-hydrogen) atoms. The largest absolute Gasteiger partial charge is 0.497 e.